The molecule has 7 heteroatoms. The standard InChI is InChI=1S/C28H26O7/c1-15-7-9-18(10-8-15)25-27(24(29)23-17(3)11-16(2)12-20(23)34-25)35-28(30)19-13-21(31-4)26(33-6)22(14-19)32-5/h7-14H,1-6H3. The Kier molecular flexibility index (Phi) is 6.51. The summed E-state index contributed by atoms with van der Waals surface area (Å²) >= 11 is 0. The molecular formula is C28H26O7. The number of ether oxygens (including phenoxy) is 4. The number of carbonyl (C=O) groups is 1. The molecule has 0 amide bonds. The van der Waals surface area contributed by atoms with Gasteiger partial charge in [-0.1, -0.05) is 35.9 Å². The number of rotatable bonds is 6. The highest BCUT2D eigenvalue weighted by Crippen LogP contribution is 2.39. The van der Waals surface area contributed by atoms with Gasteiger partial charge in [0.1, 0.15) is 5.58 Å². The molecule has 0 spiro atoms. The van der Waals surface area contributed by atoms with Crippen molar-refractivity contribution in [2.75, 3.05) is 21.3 Å². The number of benzene rings is 3. The summed E-state index contributed by atoms with van der Waals surface area (Å²) < 4.78 is 27.9. The zero-order chi connectivity index (χ0) is 25.3. The van der Waals surface area contributed by atoms with Crippen molar-refractivity contribution in [3.63, 3.8) is 0 Å². The Morgan fingerprint density at radius 1 is 0.771 bits per heavy atom. The van der Waals surface area contributed by atoms with Gasteiger partial charge in [-0.25, -0.2) is 4.79 Å². The number of esters is 1. The summed E-state index contributed by atoms with van der Waals surface area (Å²) in [5, 5.41) is 0.360. The molecule has 0 N–H and O–H groups in total. The summed E-state index contributed by atoms with van der Waals surface area (Å²) in [4.78, 5) is 26.9. The second-order valence-corrected chi connectivity index (χ2v) is 8.21. The van der Waals surface area contributed by atoms with E-state index in [0.717, 1.165) is 16.7 Å². The third-order valence-corrected chi connectivity index (χ3v) is 5.70. The fourth-order valence-electron chi connectivity index (χ4n) is 4.01. The van der Waals surface area contributed by atoms with E-state index in [1.807, 2.05) is 51.1 Å². The average molecular weight is 475 g/mol. The van der Waals surface area contributed by atoms with Gasteiger partial charge in [0, 0.05) is 5.56 Å². The molecule has 1 aromatic heterocycles. The van der Waals surface area contributed by atoms with E-state index >= 15 is 0 Å². The first-order valence-electron chi connectivity index (χ1n) is 10.9. The predicted octanol–water partition coefficient (Wildman–Crippen LogP) is 5.63. The first-order chi connectivity index (χ1) is 16.8. The molecule has 4 aromatic rings. The fourth-order valence-corrected chi connectivity index (χ4v) is 4.01. The van der Waals surface area contributed by atoms with Crippen LogP contribution in [0.25, 0.3) is 22.3 Å². The van der Waals surface area contributed by atoms with Crippen LogP contribution in [0.3, 0.4) is 0 Å². The van der Waals surface area contributed by atoms with E-state index < -0.39 is 11.4 Å². The lowest BCUT2D eigenvalue weighted by Crippen LogP contribution is -2.17. The van der Waals surface area contributed by atoms with Crippen LogP contribution in [0.5, 0.6) is 23.0 Å². The van der Waals surface area contributed by atoms with Crippen LogP contribution in [-0.4, -0.2) is 27.3 Å². The van der Waals surface area contributed by atoms with Crippen molar-refractivity contribution >= 4 is 16.9 Å². The molecule has 180 valence electrons. The van der Waals surface area contributed by atoms with E-state index in [1.165, 1.54) is 33.5 Å². The zero-order valence-electron chi connectivity index (χ0n) is 20.5. The van der Waals surface area contributed by atoms with Gasteiger partial charge >= 0.3 is 5.97 Å². The van der Waals surface area contributed by atoms with Crippen LogP contribution in [-0.2, 0) is 0 Å². The van der Waals surface area contributed by atoms with E-state index in [2.05, 4.69) is 0 Å². The van der Waals surface area contributed by atoms with Crippen LogP contribution >= 0.6 is 0 Å². The Morgan fingerprint density at radius 3 is 1.97 bits per heavy atom. The van der Waals surface area contributed by atoms with Gasteiger partial charge in [0.15, 0.2) is 17.3 Å². The van der Waals surface area contributed by atoms with Gasteiger partial charge in [-0.15, -0.1) is 0 Å². The van der Waals surface area contributed by atoms with Crippen molar-refractivity contribution in [2.45, 2.75) is 20.8 Å². The van der Waals surface area contributed by atoms with Crippen molar-refractivity contribution < 1.29 is 28.2 Å². The summed E-state index contributed by atoms with van der Waals surface area (Å²) in [6.07, 6.45) is 0. The van der Waals surface area contributed by atoms with Crippen LogP contribution in [0.15, 0.2) is 57.7 Å². The molecule has 0 atom stereocenters. The summed E-state index contributed by atoms with van der Waals surface area (Å²) in [6, 6.07) is 14.0. The molecule has 7 nitrogen and oxygen atoms in total. The van der Waals surface area contributed by atoms with Crippen LogP contribution in [0, 0.1) is 20.8 Å². The number of aryl methyl sites for hydroxylation is 3. The van der Waals surface area contributed by atoms with Gasteiger partial charge in [-0.2, -0.15) is 0 Å². The van der Waals surface area contributed by atoms with Crippen LogP contribution in [0.1, 0.15) is 27.0 Å². The van der Waals surface area contributed by atoms with E-state index in [0.29, 0.717) is 22.3 Å². The van der Waals surface area contributed by atoms with Crippen LogP contribution in [0.4, 0.5) is 0 Å². The molecule has 1 heterocycles. The highest BCUT2D eigenvalue weighted by atomic mass is 16.5. The van der Waals surface area contributed by atoms with Gasteiger partial charge in [0.05, 0.1) is 32.3 Å². The number of fused-ring (bicyclic) bond motifs is 1. The molecule has 0 radical (unpaired) electrons. The molecule has 0 aliphatic rings. The second kappa shape index (κ2) is 9.54. The highest BCUT2D eigenvalue weighted by molar-refractivity contribution is 5.94. The predicted molar refractivity (Wildman–Crippen MR) is 133 cm³/mol. The quantitative estimate of drug-likeness (QED) is 0.335. The molecular weight excluding hydrogens is 448 g/mol. The van der Waals surface area contributed by atoms with E-state index in [9.17, 15) is 9.59 Å². The summed E-state index contributed by atoms with van der Waals surface area (Å²) in [5.74, 6) is 0.126. The number of methoxy groups -OCH3 is 3. The lowest BCUT2D eigenvalue weighted by atomic mass is 10.0. The largest absolute Gasteiger partial charge is 0.493 e. The maximum atomic E-state index is 13.6. The zero-order valence-corrected chi connectivity index (χ0v) is 20.5. The molecule has 0 bridgehead atoms. The van der Waals surface area contributed by atoms with Crippen molar-refractivity contribution in [1.29, 1.82) is 0 Å². The van der Waals surface area contributed by atoms with Crippen molar-refractivity contribution in [1.82, 2.24) is 0 Å². The Labute approximate surface area is 202 Å². The summed E-state index contributed by atoms with van der Waals surface area (Å²) in [5.41, 5.74) is 3.45. The van der Waals surface area contributed by atoms with Crippen molar-refractivity contribution in [3.8, 4) is 34.3 Å². The minimum Gasteiger partial charge on any atom is -0.493 e. The van der Waals surface area contributed by atoms with Gasteiger partial charge in [0.2, 0.25) is 16.9 Å². The van der Waals surface area contributed by atoms with E-state index in [1.54, 1.807) is 6.07 Å². The van der Waals surface area contributed by atoms with Gasteiger partial charge < -0.3 is 23.4 Å². The van der Waals surface area contributed by atoms with E-state index in [4.69, 9.17) is 23.4 Å². The van der Waals surface area contributed by atoms with E-state index in [-0.39, 0.29) is 28.6 Å². The SMILES string of the molecule is COc1cc(C(=O)Oc2c(-c3ccc(C)cc3)oc3cc(C)cc(C)c3c2=O)cc(OC)c1OC. The highest BCUT2D eigenvalue weighted by Gasteiger charge is 2.24. The fraction of sp³-hybridized carbons (Fsp3) is 0.214. The van der Waals surface area contributed by atoms with Crippen LogP contribution in [0.2, 0.25) is 0 Å². The molecule has 0 saturated carbocycles. The van der Waals surface area contributed by atoms with Crippen LogP contribution < -0.4 is 24.4 Å². The van der Waals surface area contributed by atoms with Gasteiger partial charge in [0.25, 0.3) is 0 Å². The van der Waals surface area contributed by atoms with Gasteiger partial charge in [-0.3, -0.25) is 4.79 Å². The van der Waals surface area contributed by atoms with Gasteiger partial charge in [-0.05, 0) is 50.1 Å². The number of hydrogen-bond acceptors (Lipinski definition) is 7. The molecule has 4 rings (SSSR count). The molecule has 0 saturated heterocycles. The van der Waals surface area contributed by atoms with Crippen molar-refractivity contribution in [3.05, 3.63) is 81.0 Å². The second-order valence-electron chi connectivity index (χ2n) is 8.21. The Bertz CT molecular complexity index is 1460. The third-order valence-electron chi connectivity index (χ3n) is 5.70. The lowest BCUT2D eigenvalue weighted by molar-refractivity contribution is 0.0730. The first-order valence-corrected chi connectivity index (χ1v) is 10.9. The van der Waals surface area contributed by atoms with Crippen molar-refractivity contribution in [2.24, 2.45) is 0 Å². The summed E-state index contributed by atoms with van der Waals surface area (Å²) in [6.45, 7) is 5.71. The summed E-state index contributed by atoms with van der Waals surface area (Å²) in [7, 11) is 4.37. The molecule has 0 aliphatic heterocycles. The molecule has 0 unspecified atom stereocenters. The maximum Gasteiger partial charge on any atom is 0.344 e. The maximum absolute atomic E-state index is 13.6. The monoisotopic (exact) mass is 474 g/mol. The number of carbonyl (C=O) groups excluding carboxylic acids is 1. The minimum atomic E-state index is -0.769. The normalized spacial score (nSPS) is 10.8. The molecule has 3 aromatic carbocycles. The minimum absolute atomic E-state index is 0.120. The number of hydrogen-bond donors (Lipinski definition) is 0. The third kappa shape index (κ3) is 4.45. The molecule has 0 aliphatic carbocycles. The Balaban J connectivity index is 1.91. The lowest BCUT2D eigenvalue weighted by Gasteiger charge is -2.15. The smallest absolute Gasteiger partial charge is 0.344 e. The Morgan fingerprint density at radius 2 is 1.40 bits per heavy atom. The Hall–Kier alpha value is -4.26. The molecule has 0 fully saturated rings. The average Bonchev–Trinajstić information content (AvgIpc) is 2.84. The topological polar surface area (TPSA) is 84.2 Å². The first kappa shape index (κ1) is 23.9. The molecule has 35 heavy (non-hydrogen) atoms.